The van der Waals surface area contributed by atoms with Gasteiger partial charge in [0.1, 0.15) is 47.7 Å². The molecule has 2 bridgehead atoms. The smallest absolute Gasteiger partial charge is 0.417 e. The highest BCUT2D eigenvalue weighted by molar-refractivity contribution is 6.38. The van der Waals surface area contributed by atoms with Crippen LogP contribution >= 0.6 is 0 Å². The summed E-state index contributed by atoms with van der Waals surface area (Å²) in [5.41, 5.74) is 6.25. The van der Waals surface area contributed by atoms with Crippen molar-refractivity contribution in [1.29, 1.82) is 5.41 Å². The maximum Gasteiger partial charge on any atom is 0.417 e. The van der Waals surface area contributed by atoms with E-state index in [1.807, 2.05) is 30.9 Å². The van der Waals surface area contributed by atoms with E-state index in [-0.39, 0.29) is 99.8 Å². The number of aliphatic hydroxyl groups excluding tert-OH is 1. The van der Waals surface area contributed by atoms with Crippen LogP contribution in [0.25, 0.3) is 33.4 Å². The molecule has 4 aliphatic rings. The minimum Gasteiger partial charge on any atom is -0.486 e. The fraction of sp³-hybridized carbons (Fsp3) is 0.397. The molecule has 2 amide bonds. The first-order valence-corrected chi connectivity index (χ1v) is 27.0. The van der Waals surface area contributed by atoms with Gasteiger partial charge in [-0.25, -0.2) is 14.4 Å². The van der Waals surface area contributed by atoms with Crippen LogP contribution in [0.15, 0.2) is 89.2 Å². The molecule has 4 fully saturated rings. The molecule has 0 saturated carbocycles. The number of nitrogens with two attached hydrogens (primary N) is 2. The first-order valence-electron chi connectivity index (χ1n) is 27.0. The zero-order valence-corrected chi connectivity index (χ0v) is 44.9. The summed E-state index contributed by atoms with van der Waals surface area (Å²) in [6.45, 7) is 6.55. The maximum absolute atomic E-state index is 15.8. The highest BCUT2D eigenvalue weighted by Gasteiger charge is 2.43. The number of anilines is 2. The number of piperazine rings is 1. The molecule has 4 saturated heterocycles. The summed E-state index contributed by atoms with van der Waals surface area (Å²) in [6, 6.07) is 15.0. The molecule has 10 rings (SSSR count). The van der Waals surface area contributed by atoms with E-state index in [0.717, 1.165) is 30.3 Å². The van der Waals surface area contributed by atoms with Gasteiger partial charge in [0.05, 0.1) is 37.6 Å². The first-order chi connectivity index (χ1) is 39.0. The normalized spacial score (nSPS) is 19.4. The zero-order valence-electron chi connectivity index (χ0n) is 44.9. The molecular formula is C58H63F4N13O6. The Bertz CT molecular complexity index is 3360. The van der Waals surface area contributed by atoms with Crippen molar-refractivity contribution < 1.29 is 46.5 Å². The highest BCUT2D eigenvalue weighted by atomic mass is 19.4. The number of fused-ring (bicyclic) bond motifs is 3. The van der Waals surface area contributed by atoms with Gasteiger partial charge in [0.2, 0.25) is 11.8 Å². The Morgan fingerprint density at radius 2 is 1.78 bits per heavy atom. The number of ether oxygens (including phenoxy) is 3. The molecule has 0 spiro atoms. The monoisotopic (exact) mass is 1110 g/mol. The Kier molecular flexibility index (Phi) is 16.6. The second-order valence-corrected chi connectivity index (χ2v) is 21.0. The molecule has 23 heteroatoms. The van der Waals surface area contributed by atoms with Gasteiger partial charge in [0.15, 0.2) is 11.6 Å². The molecule has 19 nitrogen and oxygen atoms in total. The quantitative estimate of drug-likeness (QED) is 0.0165. The van der Waals surface area contributed by atoms with Crippen LogP contribution in [0.5, 0.6) is 11.8 Å². The first kappa shape index (κ1) is 56.1. The topological polar surface area (TPSA) is 265 Å². The van der Waals surface area contributed by atoms with Gasteiger partial charge in [-0.2, -0.15) is 28.2 Å². The summed E-state index contributed by atoms with van der Waals surface area (Å²) in [6.07, 6.45) is 2.89. The van der Waals surface area contributed by atoms with Gasteiger partial charge < -0.3 is 56.7 Å². The van der Waals surface area contributed by atoms with E-state index >= 15 is 17.6 Å². The molecule has 4 aromatic carbocycles. The second-order valence-electron chi connectivity index (χ2n) is 21.0. The third-order valence-electron chi connectivity index (χ3n) is 15.5. The largest absolute Gasteiger partial charge is 0.486 e. The molecule has 5 atom stereocenters. The number of nitrogens with zero attached hydrogens (tertiary/aromatic N) is 8. The number of benzene rings is 4. The summed E-state index contributed by atoms with van der Waals surface area (Å²) in [4.78, 5) is 54.5. The Hall–Kier alpha value is -8.15. The standard InChI is InChI=1S/C58H63F4N13O6/c1-31(2)50(56(78)74-19-4-6-47(74)55(77)70-46(29-76)35-11-13-36(14-12-35)53-66-17-5-18-67-53)69-27-45(73-65)34-9-7-33(8-10-34)30-80-52-49(48-32(3)43(59)24-44(64)41(48)25-63)42(58(60,61)62)23-40-51(52)71-57(81-39-15-20-79-21-16-39)72-54(40)75-28-37-22-38(75)26-68-37/h5,7-14,17-18,23-25,27,31,37-39,46-47,50,63,68,76H,4,6,15-16,19-22,26,28-30,64-65H2,1-3H3,(H,70,77)/b63-25?,69-27?,73-45+/t37?,38-,46-,47?,50-/m0/s1. The molecule has 81 heavy (non-hydrogen) atoms. The number of amides is 2. The number of rotatable bonds is 18. The van der Waals surface area contributed by atoms with Crippen LogP contribution in [0.2, 0.25) is 0 Å². The van der Waals surface area contributed by atoms with Gasteiger partial charge in [-0.1, -0.05) is 62.4 Å². The number of aliphatic imine (C=N–C) groups is 1. The van der Waals surface area contributed by atoms with Crippen molar-refractivity contribution in [2.75, 3.05) is 50.1 Å². The van der Waals surface area contributed by atoms with Crippen LogP contribution in [0.1, 0.15) is 85.4 Å². The highest BCUT2D eigenvalue weighted by Crippen LogP contribution is 2.51. The number of hydrazone groups is 1. The number of likely N-dealkylation sites (tertiary alicyclic amines) is 1. The lowest BCUT2D eigenvalue weighted by molar-refractivity contribution is -0.140. The van der Waals surface area contributed by atoms with Crippen LogP contribution < -0.4 is 36.6 Å². The summed E-state index contributed by atoms with van der Waals surface area (Å²) in [7, 11) is 0. The predicted octanol–water partition coefficient (Wildman–Crippen LogP) is 7.09. The van der Waals surface area contributed by atoms with Gasteiger partial charge >= 0.3 is 12.2 Å². The molecule has 6 aromatic rings. The van der Waals surface area contributed by atoms with E-state index < -0.39 is 47.2 Å². The van der Waals surface area contributed by atoms with Crippen LogP contribution in [0.4, 0.5) is 29.1 Å². The summed E-state index contributed by atoms with van der Waals surface area (Å²) in [5.74, 6) is 4.39. The van der Waals surface area contributed by atoms with Crippen molar-refractivity contribution in [3.63, 3.8) is 0 Å². The molecule has 424 valence electrons. The number of carbonyl (C=O) groups is 2. The van der Waals surface area contributed by atoms with E-state index in [1.54, 1.807) is 54.9 Å². The van der Waals surface area contributed by atoms with E-state index in [2.05, 4.69) is 30.7 Å². The molecule has 4 aliphatic heterocycles. The minimum absolute atomic E-state index is 0.0185. The van der Waals surface area contributed by atoms with Crippen molar-refractivity contribution in [2.45, 2.75) is 102 Å². The van der Waals surface area contributed by atoms with Crippen molar-refractivity contribution in [3.8, 4) is 34.3 Å². The number of hydrogen-bond donors (Lipinski definition) is 6. The molecular weight excluding hydrogens is 1050 g/mol. The predicted molar refractivity (Wildman–Crippen MR) is 298 cm³/mol. The number of aromatic nitrogens is 4. The summed E-state index contributed by atoms with van der Waals surface area (Å²) in [5, 5.41) is 29.0. The lowest BCUT2D eigenvalue weighted by Gasteiger charge is -2.31. The summed E-state index contributed by atoms with van der Waals surface area (Å²) >= 11 is 0. The van der Waals surface area contributed by atoms with Crippen molar-refractivity contribution >= 4 is 52.4 Å². The van der Waals surface area contributed by atoms with Crippen LogP contribution in [0, 0.1) is 24.1 Å². The fourth-order valence-corrected chi connectivity index (χ4v) is 11.2. The van der Waals surface area contributed by atoms with Crippen LogP contribution in [-0.4, -0.2) is 130 Å². The lowest BCUT2D eigenvalue weighted by Crippen LogP contribution is -2.50. The third kappa shape index (κ3) is 11.7. The number of hydrogen-bond acceptors (Lipinski definition) is 17. The number of alkyl halides is 3. The average molecular weight is 1110 g/mol. The Morgan fingerprint density at radius 1 is 1.04 bits per heavy atom. The molecule has 2 unspecified atom stereocenters. The lowest BCUT2D eigenvalue weighted by atomic mass is 9.88. The molecule has 2 aromatic heterocycles. The number of carbonyl (C=O) groups excluding carboxylic acids is 2. The minimum atomic E-state index is -5.04. The van der Waals surface area contributed by atoms with E-state index in [1.165, 1.54) is 18.0 Å². The number of nitrogen functional groups attached to an aromatic ring is 1. The van der Waals surface area contributed by atoms with Crippen LogP contribution in [-0.2, 0) is 27.1 Å². The van der Waals surface area contributed by atoms with Crippen molar-refractivity contribution in [3.05, 3.63) is 118 Å². The van der Waals surface area contributed by atoms with E-state index in [4.69, 9.17) is 41.2 Å². The Labute approximate surface area is 464 Å². The van der Waals surface area contributed by atoms with Gasteiger partial charge in [0, 0.05) is 102 Å². The van der Waals surface area contributed by atoms with E-state index in [9.17, 15) is 14.7 Å². The Morgan fingerprint density at radius 3 is 2.42 bits per heavy atom. The summed E-state index contributed by atoms with van der Waals surface area (Å²) < 4.78 is 81.8. The molecule has 8 N–H and O–H groups in total. The Balaban J connectivity index is 0.929. The van der Waals surface area contributed by atoms with Gasteiger partial charge in [-0.15, -0.1) is 0 Å². The van der Waals surface area contributed by atoms with Gasteiger partial charge in [-0.3, -0.25) is 14.6 Å². The molecule has 0 radical (unpaired) electrons. The zero-order chi connectivity index (χ0) is 57.1. The van der Waals surface area contributed by atoms with Crippen molar-refractivity contribution in [1.82, 2.24) is 35.5 Å². The third-order valence-corrected chi connectivity index (χ3v) is 15.5. The SMILES string of the molecule is Cc1c(F)cc(N)c(C=N)c1-c1c(C(F)(F)F)cc2c(N3CC4C[C@H]3CN4)nc(OC3CCOCC3)nc2c1OCc1ccc(/C(C=N[C@H](C(=O)N2CCCC2C(=O)N[C@@H](CO)c2ccc(-c3ncccn3)cc2)C(C)C)=N/N)cc1. The maximum atomic E-state index is 15.8. The second kappa shape index (κ2) is 23.9. The van der Waals surface area contributed by atoms with Crippen LogP contribution in [0.3, 0.4) is 0 Å². The number of nitrogens with one attached hydrogen (secondary N) is 3. The van der Waals surface area contributed by atoms with E-state index in [0.29, 0.717) is 81.0 Å². The average Bonchev–Trinajstić information content (AvgIpc) is 4.40. The fourth-order valence-electron chi connectivity index (χ4n) is 11.2. The number of aliphatic hydroxyl groups is 1. The van der Waals surface area contributed by atoms with Crippen molar-refractivity contribution in [2.24, 2.45) is 21.9 Å². The molecule has 0 aliphatic carbocycles. The van der Waals surface area contributed by atoms with Gasteiger partial charge in [0.25, 0.3) is 0 Å². The van der Waals surface area contributed by atoms with Gasteiger partial charge in [-0.05, 0) is 67.0 Å². The number of halogens is 4. The molecule has 6 heterocycles.